The Hall–Kier alpha value is -1.68. The van der Waals surface area contributed by atoms with E-state index in [-0.39, 0.29) is 0 Å². The van der Waals surface area contributed by atoms with E-state index in [2.05, 4.69) is 54.5 Å². The zero-order chi connectivity index (χ0) is 13.0. The Bertz CT molecular complexity index is 499. The molecular weight excluding hydrogens is 226 g/mol. The molecule has 0 saturated carbocycles. The minimum absolute atomic E-state index is 0.605. The van der Waals surface area contributed by atoms with Gasteiger partial charge in [-0.1, -0.05) is 24.1 Å². The van der Waals surface area contributed by atoms with Crippen molar-refractivity contribution in [2.75, 3.05) is 13.1 Å². The van der Waals surface area contributed by atoms with Crippen LogP contribution in [0.1, 0.15) is 23.9 Å². The van der Waals surface area contributed by atoms with Crippen molar-refractivity contribution < 1.29 is 4.42 Å². The molecule has 0 saturated heterocycles. The molecule has 96 valence electrons. The quantitative estimate of drug-likeness (QED) is 0.822. The van der Waals surface area contributed by atoms with Crippen LogP contribution in [0.2, 0.25) is 0 Å². The first-order chi connectivity index (χ1) is 8.69. The molecule has 0 atom stereocenters. The van der Waals surface area contributed by atoms with Crippen molar-refractivity contribution in [1.29, 1.82) is 0 Å². The minimum Gasteiger partial charge on any atom is -0.421 e. The molecule has 0 spiro atoms. The van der Waals surface area contributed by atoms with Gasteiger partial charge in [0.1, 0.15) is 0 Å². The summed E-state index contributed by atoms with van der Waals surface area (Å²) in [6.07, 6.45) is 0.769. The molecule has 18 heavy (non-hydrogen) atoms. The van der Waals surface area contributed by atoms with Crippen molar-refractivity contribution in [1.82, 2.24) is 15.5 Å². The third-order valence-electron chi connectivity index (χ3n) is 2.70. The van der Waals surface area contributed by atoms with Crippen LogP contribution in [-0.4, -0.2) is 23.3 Å². The molecule has 4 heteroatoms. The lowest BCUT2D eigenvalue weighted by Gasteiger charge is -2.00. The van der Waals surface area contributed by atoms with Crippen molar-refractivity contribution in [2.24, 2.45) is 0 Å². The van der Waals surface area contributed by atoms with Crippen LogP contribution in [-0.2, 0) is 6.42 Å². The topological polar surface area (TPSA) is 51.0 Å². The van der Waals surface area contributed by atoms with Crippen molar-refractivity contribution in [3.8, 4) is 11.5 Å². The van der Waals surface area contributed by atoms with Crippen molar-refractivity contribution in [3.63, 3.8) is 0 Å². The van der Waals surface area contributed by atoms with Gasteiger partial charge in [-0.15, -0.1) is 10.2 Å². The fraction of sp³-hybridized carbons (Fsp3) is 0.429. The van der Waals surface area contributed by atoms with Crippen LogP contribution >= 0.6 is 0 Å². The second-order valence-corrected chi connectivity index (χ2v) is 4.48. The highest BCUT2D eigenvalue weighted by Gasteiger charge is 2.08. The molecule has 0 aliphatic carbocycles. The average molecular weight is 245 g/mol. The number of likely N-dealkylation sites (N-methyl/N-ethyl adjacent to an activating group) is 1. The first-order valence-electron chi connectivity index (χ1n) is 6.31. The van der Waals surface area contributed by atoms with Gasteiger partial charge in [0.2, 0.25) is 11.8 Å². The van der Waals surface area contributed by atoms with Gasteiger partial charge in [0.05, 0.1) is 0 Å². The number of benzene rings is 1. The first kappa shape index (κ1) is 12.8. The normalized spacial score (nSPS) is 10.8. The summed E-state index contributed by atoms with van der Waals surface area (Å²) in [6.45, 7) is 8.04. The maximum atomic E-state index is 5.66. The fourth-order valence-electron chi connectivity index (χ4n) is 1.94. The number of aromatic nitrogens is 2. The van der Waals surface area contributed by atoms with Crippen LogP contribution in [0.3, 0.4) is 0 Å². The molecule has 2 rings (SSSR count). The van der Waals surface area contributed by atoms with Gasteiger partial charge in [-0.3, -0.25) is 0 Å². The Labute approximate surface area is 107 Å². The monoisotopic (exact) mass is 245 g/mol. The van der Waals surface area contributed by atoms with Crippen molar-refractivity contribution in [3.05, 3.63) is 35.2 Å². The lowest BCUT2D eigenvalue weighted by Crippen LogP contribution is -2.16. The molecule has 0 bridgehead atoms. The second kappa shape index (κ2) is 5.78. The van der Waals surface area contributed by atoms with Gasteiger partial charge >= 0.3 is 0 Å². The van der Waals surface area contributed by atoms with Crippen LogP contribution in [0.4, 0.5) is 0 Å². The maximum absolute atomic E-state index is 5.66. The molecule has 0 radical (unpaired) electrons. The van der Waals surface area contributed by atoms with E-state index in [1.165, 1.54) is 11.1 Å². The van der Waals surface area contributed by atoms with Gasteiger partial charge in [-0.2, -0.15) is 0 Å². The number of hydrogen-bond acceptors (Lipinski definition) is 4. The molecular formula is C14H19N3O. The summed E-state index contributed by atoms with van der Waals surface area (Å²) < 4.78 is 5.66. The van der Waals surface area contributed by atoms with E-state index in [4.69, 9.17) is 4.42 Å². The number of nitrogens with one attached hydrogen (secondary N) is 1. The fourth-order valence-corrected chi connectivity index (χ4v) is 1.94. The summed E-state index contributed by atoms with van der Waals surface area (Å²) in [5, 5.41) is 11.4. The first-order valence-corrected chi connectivity index (χ1v) is 6.31. The van der Waals surface area contributed by atoms with E-state index in [0.29, 0.717) is 11.8 Å². The largest absolute Gasteiger partial charge is 0.421 e. The Morgan fingerprint density at radius 1 is 1.11 bits per heavy atom. The highest BCUT2D eigenvalue weighted by Crippen LogP contribution is 2.20. The van der Waals surface area contributed by atoms with Gasteiger partial charge in [-0.05, 0) is 32.5 Å². The Balaban J connectivity index is 2.13. The molecule has 4 nitrogen and oxygen atoms in total. The van der Waals surface area contributed by atoms with Crippen LogP contribution in [0, 0.1) is 13.8 Å². The highest BCUT2D eigenvalue weighted by molar-refractivity contribution is 5.55. The van der Waals surface area contributed by atoms with Gasteiger partial charge in [0, 0.05) is 18.5 Å². The van der Waals surface area contributed by atoms with Gasteiger partial charge in [-0.25, -0.2) is 0 Å². The molecule has 0 fully saturated rings. The molecule has 0 aliphatic heterocycles. The highest BCUT2D eigenvalue weighted by atomic mass is 16.4. The van der Waals surface area contributed by atoms with E-state index in [1.807, 2.05) is 0 Å². The van der Waals surface area contributed by atoms with Gasteiger partial charge in [0.25, 0.3) is 0 Å². The van der Waals surface area contributed by atoms with E-state index in [9.17, 15) is 0 Å². The summed E-state index contributed by atoms with van der Waals surface area (Å²) in [5.74, 6) is 1.29. The third kappa shape index (κ3) is 3.17. The van der Waals surface area contributed by atoms with Crippen molar-refractivity contribution >= 4 is 0 Å². The minimum atomic E-state index is 0.605. The van der Waals surface area contributed by atoms with E-state index in [0.717, 1.165) is 25.1 Å². The van der Waals surface area contributed by atoms with Crippen LogP contribution in [0.15, 0.2) is 22.6 Å². The molecule has 1 N–H and O–H groups in total. The lowest BCUT2D eigenvalue weighted by molar-refractivity contribution is 0.496. The smallest absolute Gasteiger partial charge is 0.247 e. The number of hydrogen-bond donors (Lipinski definition) is 1. The molecule has 1 heterocycles. The number of aryl methyl sites for hydroxylation is 2. The Morgan fingerprint density at radius 3 is 2.50 bits per heavy atom. The van der Waals surface area contributed by atoms with Gasteiger partial charge < -0.3 is 9.73 Å². The summed E-state index contributed by atoms with van der Waals surface area (Å²) in [6, 6.07) is 6.26. The zero-order valence-corrected chi connectivity index (χ0v) is 11.2. The lowest BCUT2D eigenvalue weighted by atomic mass is 10.1. The third-order valence-corrected chi connectivity index (χ3v) is 2.70. The predicted octanol–water partition coefficient (Wildman–Crippen LogP) is 2.51. The summed E-state index contributed by atoms with van der Waals surface area (Å²) >= 11 is 0. The summed E-state index contributed by atoms with van der Waals surface area (Å²) in [5.41, 5.74) is 3.41. The SMILES string of the molecule is CCNCCc1nnc(-c2cc(C)cc(C)c2)o1. The summed E-state index contributed by atoms with van der Waals surface area (Å²) in [4.78, 5) is 0. The standard InChI is InChI=1S/C14H19N3O/c1-4-15-6-5-13-16-17-14(18-13)12-8-10(2)7-11(3)9-12/h7-9,15H,4-6H2,1-3H3. The molecule has 0 unspecified atom stereocenters. The van der Waals surface area contributed by atoms with E-state index in [1.54, 1.807) is 0 Å². The number of rotatable bonds is 5. The molecule has 1 aromatic heterocycles. The Kier molecular flexibility index (Phi) is 4.10. The van der Waals surface area contributed by atoms with Crippen LogP contribution in [0.25, 0.3) is 11.5 Å². The average Bonchev–Trinajstić information content (AvgIpc) is 2.77. The number of nitrogens with zero attached hydrogens (tertiary/aromatic N) is 2. The molecule has 0 amide bonds. The van der Waals surface area contributed by atoms with Crippen molar-refractivity contribution in [2.45, 2.75) is 27.2 Å². The van der Waals surface area contributed by atoms with Crippen LogP contribution < -0.4 is 5.32 Å². The maximum Gasteiger partial charge on any atom is 0.247 e. The Morgan fingerprint density at radius 2 is 1.83 bits per heavy atom. The second-order valence-electron chi connectivity index (χ2n) is 4.48. The molecule has 0 aliphatic rings. The molecule has 2 aromatic rings. The zero-order valence-electron chi connectivity index (χ0n) is 11.2. The van der Waals surface area contributed by atoms with Gasteiger partial charge in [0.15, 0.2) is 0 Å². The van der Waals surface area contributed by atoms with Crippen LogP contribution in [0.5, 0.6) is 0 Å². The summed E-state index contributed by atoms with van der Waals surface area (Å²) in [7, 11) is 0. The van der Waals surface area contributed by atoms with E-state index < -0.39 is 0 Å². The van der Waals surface area contributed by atoms with E-state index >= 15 is 0 Å². The molecule has 1 aromatic carbocycles. The predicted molar refractivity (Wildman–Crippen MR) is 71.5 cm³/mol.